The molecule has 1 aromatic heterocycles. The van der Waals surface area contributed by atoms with E-state index in [0.717, 1.165) is 12.8 Å². The number of nitrogens with zero attached hydrogens (tertiary/aromatic N) is 4. The summed E-state index contributed by atoms with van der Waals surface area (Å²) in [7, 11) is 0. The molecule has 1 saturated heterocycles. The number of carbonyl (C=O) groups excluding carboxylic acids is 1. The van der Waals surface area contributed by atoms with Gasteiger partial charge in [-0.3, -0.25) is 0 Å². The quantitative estimate of drug-likeness (QED) is 0.892. The molecule has 2 rings (SSSR count). The number of likely N-dealkylation sites (tertiary alicyclic amines) is 1. The van der Waals surface area contributed by atoms with E-state index in [-0.39, 0.29) is 23.0 Å². The van der Waals surface area contributed by atoms with Crippen molar-refractivity contribution in [1.29, 1.82) is 5.26 Å². The lowest BCUT2D eigenvalue weighted by Crippen LogP contribution is -2.47. The number of halogens is 1. The third-order valence-electron chi connectivity index (χ3n) is 3.26. The number of carbonyl (C=O) groups is 1. The molecule has 7 nitrogen and oxygen atoms in total. The molecule has 1 aliphatic heterocycles. The van der Waals surface area contributed by atoms with Crippen molar-refractivity contribution in [2.45, 2.75) is 45.3 Å². The summed E-state index contributed by atoms with van der Waals surface area (Å²) in [4.78, 5) is 21.9. The molecule has 1 fully saturated rings. The highest BCUT2D eigenvalue weighted by Gasteiger charge is 2.27. The molecule has 23 heavy (non-hydrogen) atoms. The largest absolute Gasteiger partial charge is 0.444 e. The first-order chi connectivity index (χ1) is 10.8. The van der Waals surface area contributed by atoms with Crippen molar-refractivity contribution in [3.05, 3.63) is 17.0 Å². The number of hydrogen-bond acceptors (Lipinski definition) is 6. The Morgan fingerprint density at radius 2 is 2.30 bits per heavy atom. The Balaban J connectivity index is 1.98. The lowest BCUT2D eigenvalue weighted by Gasteiger charge is -2.34. The normalized spacial score (nSPS) is 18.2. The Kier molecular flexibility index (Phi) is 5.26. The maximum Gasteiger partial charge on any atom is 0.410 e. The number of piperidine rings is 1. The summed E-state index contributed by atoms with van der Waals surface area (Å²) in [6.07, 6.45) is 2.93. The van der Waals surface area contributed by atoms with Crippen molar-refractivity contribution in [3.63, 3.8) is 0 Å². The van der Waals surface area contributed by atoms with E-state index in [0.29, 0.717) is 18.9 Å². The molecule has 1 aromatic rings. The van der Waals surface area contributed by atoms with Crippen LogP contribution in [0, 0.1) is 11.3 Å². The van der Waals surface area contributed by atoms with Crippen molar-refractivity contribution in [2.75, 3.05) is 18.4 Å². The summed E-state index contributed by atoms with van der Waals surface area (Å²) in [6, 6.07) is 1.90. The first kappa shape index (κ1) is 17.3. The highest BCUT2D eigenvalue weighted by Crippen LogP contribution is 2.19. The molecule has 1 unspecified atom stereocenters. The van der Waals surface area contributed by atoms with E-state index < -0.39 is 5.60 Å². The van der Waals surface area contributed by atoms with Crippen LogP contribution in [0.25, 0.3) is 0 Å². The molecule has 0 radical (unpaired) electrons. The number of amides is 1. The highest BCUT2D eigenvalue weighted by molar-refractivity contribution is 6.30. The summed E-state index contributed by atoms with van der Waals surface area (Å²) >= 11 is 5.88. The van der Waals surface area contributed by atoms with Gasteiger partial charge in [0.15, 0.2) is 10.8 Å². The van der Waals surface area contributed by atoms with Crippen LogP contribution < -0.4 is 5.32 Å². The molecule has 0 aromatic carbocycles. The fraction of sp³-hybridized carbons (Fsp3) is 0.600. The van der Waals surface area contributed by atoms with Gasteiger partial charge in [-0.2, -0.15) is 5.26 Å². The number of nitriles is 1. The van der Waals surface area contributed by atoms with Crippen LogP contribution in [0.3, 0.4) is 0 Å². The Hall–Kier alpha value is -2.07. The SMILES string of the molecule is CC(C)(C)OC(=O)N1CCCC(Nc2cnc(C#N)c(Cl)n2)C1. The number of anilines is 1. The van der Waals surface area contributed by atoms with Gasteiger partial charge in [0, 0.05) is 19.1 Å². The van der Waals surface area contributed by atoms with Crippen LogP contribution in [0.5, 0.6) is 0 Å². The van der Waals surface area contributed by atoms with Crippen molar-refractivity contribution in [1.82, 2.24) is 14.9 Å². The van der Waals surface area contributed by atoms with Gasteiger partial charge in [-0.15, -0.1) is 0 Å². The average molecular weight is 338 g/mol. The molecular weight excluding hydrogens is 318 g/mol. The van der Waals surface area contributed by atoms with E-state index in [9.17, 15) is 4.79 Å². The average Bonchev–Trinajstić information content (AvgIpc) is 2.46. The predicted octanol–water partition coefficient (Wildman–Crippen LogP) is 2.81. The third-order valence-corrected chi connectivity index (χ3v) is 3.52. The molecule has 8 heteroatoms. The van der Waals surface area contributed by atoms with Crippen molar-refractivity contribution < 1.29 is 9.53 Å². The highest BCUT2D eigenvalue weighted by atomic mass is 35.5. The van der Waals surface area contributed by atoms with Crippen LogP contribution in [0.15, 0.2) is 6.20 Å². The zero-order chi connectivity index (χ0) is 17.0. The zero-order valence-electron chi connectivity index (χ0n) is 13.5. The van der Waals surface area contributed by atoms with Crippen LogP contribution in [-0.2, 0) is 4.74 Å². The topological polar surface area (TPSA) is 91.1 Å². The molecule has 2 heterocycles. The summed E-state index contributed by atoms with van der Waals surface area (Å²) in [6.45, 7) is 6.73. The summed E-state index contributed by atoms with van der Waals surface area (Å²) < 4.78 is 5.40. The maximum atomic E-state index is 12.1. The fourth-order valence-corrected chi connectivity index (χ4v) is 2.49. The standard InChI is InChI=1S/C15H20ClN5O2/c1-15(2,3)23-14(22)21-6-4-5-10(9-21)19-12-8-18-11(7-17)13(16)20-12/h8,10H,4-6,9H2,1-3H3,(H,19,20). The van der Waals surface area contributed by atoms with Gasteiger partial charge in [-0.25, -0.2) is 14.8 Å². The van der Waals surface area contributed by atoms with E-state index in [1.165, 1.54) is 6.20 Å². The van der Waals surface area contributed by atoms with E-state index >= 15 is 0 Å². The minimum absolute atomic E-state index is 0.0366. The Morgan fingerprint density at radius 3 is 2.91 bits per heavy atom. The van der Waals surface area contributed by atoms with Gasteiger partial charge in [0.1, 0.15) is 17.5 Å². The molecule has 1 atom stereocenters. The minimum Gasteiger partial charge on any atom is -0.444 e. The number of ether oxygens (including phenoxy) is 1. The van der Waals surface area contributed by atoms with Crippen LogP contribution >= 0.6 is 11.6 Å². The van der Waals surface area contributed by atoms with Crippen LogP contribution in [-0.4, -0.2) is 45.7 Å². The maximum absolute atomic E-state index is 12.1. The summed E-state index contributed by atoms with van der Waals surface area (Å²) in [5.41, 5.74) is -0.417. The Morgan fingerprint density at radius 1 is 1.57 bits per heavy atom. The minimum atomic E-state index is -0.510. The second-order valence-corrected chi connectivity index (χ2v) is 6.77. The van der Waals surface area contributed by atoms with Crippen molar-refractivity contribution in [2.24, 2.45) is 0 Å². The number of nitrogens with one attached hydrogen (secondary N) is 1. The van der Waals surface area contributed by atoms with Gasteiger partial charge in [0.05, 0.1) is 6.20 Å². The van der Waals surface area contributed by atoms with Gasteiger partial charge in [0.25, 0.3) is 0 Å². The molecule has 1 amide bonds. The molecule has 0 spiro atoms. The smallest absolute Gasteiger partial charge is 0.410 e. The summed E-state index contributed by atoms with van der Waals surface area (Å²) in [5.74, 6) is 0.491. The van der Waals surface area contributed by atoms with Crippen molar-refractivity contribution >= 4 is 23.5 Å². The summed E-state index contributed by atoms with van der Waals surface area (Å²) in [5, 5.41) is 12.1. The first-order valence-corrected chi connectivity index (χ1v) is 7.83. The van der Waals surface area contributed by atoms with E-state index in [1.54, 1.807) is 4.90 Å². The van der Waals surface area contributed by atoms with Crippen LogP contribution in [0.1, 0.15) is 39.3 Å². The number of rotatable bonds is 2. The zero-order valence-corrected chi connectivity index (χ0v) is 14.2. The van der Waals surface area contributed by atoms with Gasteiger partial charge in [-0.05, 0) is 33.6 Å². The monoisotopic (exact) mass is 337 g/mol. The van der Waals surface area contributed by atoms with Crippen molar-refractivity contribution in [3.8, 4) is 6.07 Å². The van der Waals surface area contributed by atoms with E-state index in [1.807, 2.05) is 26.8 Å². The van der Waals surface area contributed by atoms with Gasteiger partial charge < -0.3 is 15.0 Å². The van der Waals surface area contributed by atoms with E-state index in [2.05, 4.69) is 15.3 Å². The predicted molar refractivity (Wildman–Crippen MR) is 86.2 cm³/mol. The second kappa shape index (κ2) is 7.01. The van der Waals surface area contributed by atoms with Crippen LogP contribution in [0.2, 0.25) is 5.15 Å². The molecule has 0 bridgehead atoms. The van der Waals surface area contributed by atoms with Gasteiger partial charge >= 0.3 is 6.09 Å². The number of hydrogen-bond donors (Lipinski definition) is 1. The molecular formula is C15H20ClN5O2. The second-order valence-electron chi connectivity index (χ2n) is 6.42. The Labute approximate surface area is 140 Å². The molecule has 124 valence electrons. The lowest BCUT2D eigenvalue weighted by molar-refractivity contribution is 0.0206. The molecule has 1 aliphatic rings. The lowest BCUT2D eigenvalue weighted by atomic mass is 10.1. The Bertz CT molecular complexity index is 623. The first-order valence-electron chi connectivity index (χ1n) is 7.45. The van der Waals surface area contributed by atoms with E-state index in [4.69, 9.17) is 21.6 Å². The molecule has 0 aliphatic carbocycles. The fourth-order valence-electron chi connectivity index (χ4n) is 2.31. The third kappa shape index (κ3) is 4.96. The van der Waals surface area contributed by atoms with Gasteiger partial charge in [-0.1, -0.05) is 11.6 Å². The molecule has 0 saturated carbocycles. The van der Waals surface area contributed by atoms with Crippen LogP contribution in [0.4, 0.5) is 10.6 Å². The molecule has 1 N–H and O–H groups in total. The number of aromatic nitrogens is 2. The van der Waals surface area contributed by atoms with Gasteiger partial charge in [0.2, 0.25) is 0 Å².